The number of likely N-dealkylation sites (tertiary alicyclic amines) is 1. The van der Waals surface area contributed by atoms with E-state index in [0.29, 0.717) is 16.8 Å². The third kappa shape index (κ3) is 4.53. The molecule has 0 spiro atoms. The van der Waals surface area contributed by atoms with Crippen LogP contribution >= 0.6 is 0 Å². The molecule has 1 aliphatic rings. The molecule has 7 heteroatoms. The Bertz CT molecular complexity index is 1350. The van der Waals surface area contributed by atoms with E-state index in [9.17, 15) is 9.59 Å². The first-order chi connectivity index (χ1) is 16.5. The Balaban J connectivity index is 1.67. The molecule has 4 rings (SSSR count). The molecule has 3 heterocycles. The quantitative estimate of drug-likeness (QED) is 0.570. The predicted molar refractivity (Wildman–Crippen MR) is 137 cm³/mol. The zero-order chi connectivity index (χ0) is 25.5. The van der Waals surface area contributed by atoms with Crippen LogP contribution in [0.1, 0.15) is 73.5 Å². The van der Waals surface area contributed by atoms with E-state index in [1.165, 1.54) is 5.56 Å². The molecule has 1 unspecified atom stereocenters. The van der Waals surface area contributed by atoms with Crippen molar-refractivity contribution >= 4 is 28.5 Å². The van der Waals surface area contributed by atoms with E-state index in [-0.39, 0.29) is 29.2 Å². The largest absolute Gasteiger partial charge is 0.337 e. The third-order valence-electron chi connectivity index (χ3n) is 7.15. The smallest absolute Gasteiger partial charge is 0.255 e. The summed E-state index contributed by atoms with van der Waals surface area (Å²) in [6.07, 6.45) is 5.59. The number of aryl methyl sites for hydroxylation is 2. The number of nitrogens with zero attached hydrogens (tertiary/aromatic N) is 4. The topological polar surface area (TPSA) is 91.0 Å². The number of fused-ring (bicyclic) bond motifs is 1. The summed E-state index contributed by atoms with van der Waals surface area (Å²) in [5.74, 6) is 0.193. The Hall–Kier alpha value is -3.66. The Labute approximate surface area is 206 Å². The Morgan fingerprint density at radius 3 is 2.69 bits per heavy atom. The highest BCUT2D eigenvalue weighted by Crippen LogP contribution is 2.42. The lowest BCUT2D eigenvalue weighted by Gasteiger charge is -2.46. The van der Waals surface area contributed by atoms with Gasteiger partial charge in [-0.1, -0.05) is 19.9 Å². The van der Waals surface area contributed by atoms with Gasteiger partial charge in [0, 0.05) is 42.2 Å². The van der Waals surface area contributed by atoms with Gasteiger partial charge in [0.25, 0.3) is 5.91 Å². The van der Waals surface area contributed by atoms with Gasteiger partial charge in [0.15, 0.2) is 0 Å². The van der Waals surface area contributed by atoms with E-state index in [0.717, 1.165) is 36.0 Å². The van der Waals surface area contributed by atoms with Crippen LogP contribution in [0.5, 0.6) is 0 Å². The molecule has 1 N–H and O–H groups in total. The molecule has 1 saturated heterocycles. The van der Waals surface area contributed by atoms with Crippen molar-refractivity contribution in [3.63, 3.8) is 0 Å². The molecule has 2 amide bonds. The molecule has 0 bridgehead atoms. The second-order valence-corrected chi connectivity index (χ2v) is 10.5. The van der Waals surface area contributed by atoms with Crippen LogP contribution < -0.4 is 5.32 Å². The minimum absolute atomic E-state index is 0.0187. The van der Waals surface area contributed by atoms with Crippen molar-refractivity contribution < 1.29 is 9.59 Å². The van der Waals surface area contributed by atoms with E-state index in [1.807, 2.05) is 37.3 Å². The van der Waals surface area contributed by atoms with E-state index in [1.54, 1.807) is 30.5 Å². The summed E-state index contributed by atoms with van der Waals surface area (Å²) >= 11 is 0. The SMILES string of the molecule is Cc1c(NC(=O)c2cccc(C#N)c2)cnc2c1c(C1CCN(C(=O)C(C)C)C(C)(C)C1)cn2C. The highest BCUT2D eigenvalue weighted by atomic mass is 16.2. The van der Waals surface area contributed by atoms with E-state index in [2.05, 4.69) is 36.4 Å². The predicted octanol–water partition coefficient (Wildman–Crippen LogP) is 5.15. The molecule has 0 aliphatic carbocycles. The number of nitriles is 1. The van der Waals surface area contributed by atoms with E-state index < -0.39 is 0 Å². The number of carbonyl (C=O) groups is 2. The van der Waals surface area contributed by atoms with E-state index >= 15 is 0 Å². The van der Waals surface area contributed by atoms with Gasteiger partial charge in [-0.3, -0.25) is 9.59 Å². The third-order valence-corrected chi connectivity index (χ3v) is 7.15. The van der Waals surface area contributed by atoms with Crippen LogP contribution in [0, 0.1) is 24.2 Å². The van der Waals surface area contributed by atoms with Gasteiger partial charge in [-0.25, -0.2) is 4.98 Å². The number of piperidine rings is 1. The van der Waals surface area contributed by atoms with Gasteiger partial charge in [-0.15, -0.1) is 0 Å². The first-order valence-electron chi connectivity index (χ1n) is 12.1. The fourth-order valence-corrected chi connectivity index (χ4v) is 5.29. The summed E-state index contributed by atoms with van der Waals surface area (Å²) < 4.78 is 2.04. The van der Waals surface area contributed by atoms with Crippen LogP contribution in [-0.4, -0.2) is 38.3 Å². The molecule has 0 radical (unpaired) electrons. The zero-order valence-electron chi connectivity index (χ0n) is 21.3. The van der Waals surface area contributed by atoms with Crippen molar-refractivity contribution in [3.8, 4) is 6.07 Å². The number of benzene rings is 1. The summed E-state index contributed by atoms with van der Waals surface area (Å²) in [5, 5.41) is 13.2. The van der Waals surface area contributed by atoms with Crippen molar-refractivity contribution in [2.75, 3.05) is 11.9 Å². The van der Waals surface area contributed by atoms with Crippen LogP contribution in [0.25, 0.3) is 11.0 Å². The van der Waals surface area contributed by atoms with Crippen molar-refractivity contribution in [2.45, 2.75) is 58.9 Å². The Morgan fingerprint density at radius 1 is 1.29 bits per heavy atom. The fourth-order valence-electron chi connectivity index (χ4n) is 5.29. The molecule has 1 aromatic carbocycles. The molecule has 2 aromatic heterocycles. The van der Waals surface area contributed by atoms with Crippen LogP contribution in [0.3, 0.4) is 0 Å². The minimum Gasteiger partial charge on any atom is -0.337 e. The average molecular weight is 472 g/mol. The average Bonchev–Trinajstić information content (AvgIpc) is 3.16. The molecular formula is C28H33N5O2. The monoisotopic (exact) mass is 471 g/mol. The first kappa shape index (κ1) is 24.5. The minimum atomic E-state index is -0.273. The number of amides is 2. The molecule has 1 aliphatic heterocycles. The number of rotatable bonds is 4. The van der Waals surface area contributed by atoms with Gasteiger partial charge in [0.2, 0.25) is 5.91 Å². The van der Waals surface area contributed by atoms with Crippen molar-refractivity contribution in [1.82, 2.24) is 14.5 Å². The van der Waals surface area contributed by atoms with Gasteiger partial charge >= 0.3 is 0 Å². The Morgan fingerprint density at radius 2 is 2.03 bits per heavy atom. The highest BCUT2D eigenvalue weighted by Gasteiger charge is 2.39. The summed E-state index contributed by atoms with van der Waals surface area (Å²) in [5.41, 5.74) is 4.34. The number of hydrogen-bond acceptors (Lipinski definition) is 4. The van der Waals surface area contributed by atoms with Crippen LogP contribution in [-0.2, 0) is 11.8 Å². The summed E-state index contributed by atoms with van der Waals surface area (Å²) in [4.78, 5) is 32.4. The van der Waals surface area contributed by atoms with Crippen molar-refractivity contribution in [1.29, 1.82) is 5.26 Å². The van der Waals surface area contributed by atoms with Gasteiger partial charge in [0.05, 0.1) is 23.5 Å². The maximum atomic E-state index is 12.9. The lowest BCUT2D eigenvalue weighted by molar-refractivity contribution is -0.142. The van der Waals surface area contributed by atoms with Gasteiger partial charge in [-0.05, 0) is 68.9 Å². The number of pyridine rings is 1. The lowest BCUT2D eigenvalue weighted by Crippen LogP contribution is -2.53. The van der Waals surface area contributed by atoms with Gasteiger partial charge < -0.3 is 14.8 Å². The number of aromatic nitrogens is 2. The summed E-state index contributed by atoms with van der Waals surface area (Å²) in [6, 6.07) is 8.73. The van der Waals surface area contributed by atoms with Crippen molar-refractivity contribution in [3.05, 3.63) is 58.9 Å². The molecule has 35 heavy (non-hydrogen) atoms. The van der Waals surface area contributed by atoms with Gasteiger partial charge in [-0.2, -0.15) is 5.26 Å². The number of anilines is 1. The molecule has 182 valence electrons. The normalized spacial score (nSPS) is 17.4. The Kier molecular flexibility index (Phi) is 6.42. The molecule has 1 fully saturated rings. The number of nitrogens with one attached hydrogen (secondary N) is 1. The van der Waals surface area contributed by atoms with Crippen LogP contribution in [0.2, 0.25) is 0 Å². The van der Waals surface area contributed by atoms with Gasteiger partial charge in [0.1, 0.15) is 5.65 Å². The number of carbonyl (C=O) groups excluding carboxylic acids is 2. The van der Waals surface area contributed by atoms with E-state index in [4.69, 9.17) is 5.26 Å². The van der Waals surface area contributed by atoms with Crippen molar-refractivity contribution in [2.24, 2.45) is 13.0 Å². The van der Waals surface area contributed by atoms with Crippen LogP contribution in [0.4, 0.5) is 5.69 Å². The summed E-state index contributed by atoms with van der Waals surface area (Å²) in [7, 11) is 1.99. The molecular weight excluding hydrogens is 438 g/mol. The maximum absolute atomic E-state index is 12.9. The number of hydrogen-bond donors (Lipinski definition) is 1. The maximum Gasteiger partial charge on any atom is 0.255 e. The molecule has 0 saturated carbocycles. The molecule has 1 atom stereocenters. The lowest BCUT2D eigenvalue weighted by atomic mass is 9.78. The molecule has 7 nitrogen and oxygen atoms in total. The highest BCUT2D eigenvalue weighted by molar-refractivity contribution is 6.06. The first-order valence-corrected chi connectivity index (χ1v) is 12.1. The second kappa shape index (κ2) is 9.18. The standard InChI is InChI=1S/C28H33N5O2/c1-17(2)27(35)33-11-10-21(13-28(33,4)5)22-16-32(6)25-24(22)18(3)23(15-30-25)31-26(34)20-9-7-8-19(12-20)14-29/h7-9,12,15-17,21H,10-11,13H2,1-6H3,(H,31,34). The summed E-state index contributed by atoms with van der Waals surface area (Å²) in [6.45, 7) is 10.9. The molecule has 3 aromatic rings. The fraction of sp³-hybridized carbons (Fsp3) is 0.429. The van der Waals surface area contributed by atoms with Crippen LogP contribution in [0.15, 0.2) is 36.7 Å². The zero-order valence-corrected chi connectivity index (χ0v) is 21.3. The second-order valence-electron chi connectivity index (χ2n) is 10.5.